The van der Waals surface area contributed by atoms with Gasteiger partial charge in [-0.1, -0.05) is 17.8 Å². The van der Waals surface area contributed by atoms with Gasteiger partial charge in [0.15, 0.2) is 0 Å². The minimum Gasteiger partial charge on any atom is -0.415 e. The molecule has 19 heavy (non-hydrogen) atoms. The van der Waals surface area contributed by atoms with E-state index < -0.39 is 0 Å². The molecule has 0 aliphatic heterocycles. The van der Waals surface area contributed by atoms with Crippen molar-refractivity contribution in [3.8, 4) is 0 Å². The van der Waals surface area contributed by atoms with Crippen LogP contribution in [-0.2, 0) is 12.3 Å². The monoisotopic (exact) mass is 275 g/mol. The van der Waals surface area contributed by atoms with Crippen LogP contribution in [0.15, 0.2) is 34.2 Å². The number of nitrogens with zero attached hydrogens (tertiary/aromatic N) is 4. The summed E-state index contributed by atoms with van der Waals surface area (Å²) in [6.45, 7) is 2.31. The van der Waals surface area contributed by atoms with E-state index in [2.05, 4.69) is 15.2 Å². The summed E-state index contributed by atoms with van der Waals surface area (Å²) < 4.78 is 7.35. The van der Waals surface area contributed by atoms with Gasteiger partial charge in [-0.2, -0.15) is 0 Å². The quantitative estimate of drug-likeness (QED) is 0.731. The molecule has 3 aromatic rings. The fourth-order valence-corrected chi connectivity index (χ4v) is 2.45. The Morgan fingerprint density at radius 1 is 1.42 bits per heavy atom. The van der Waals surface area contributed by atoms with Crippen molar-refractivity contribution in [1.82, 2.24) is 19.6 Å². The summed E-state index contributed by atoms with van der Waals surface area (Å²) in [7, 11) is 0. The first-order valence-corrected chi connectivity index (χ1v) is 6.83. The molecule has 0 amide bonds. The SMILES string of the molecule is Cc1cccn2cc(CSc3nnc(CN)o3)nc12. The molecule has 0 spiro atoms. The van der Waals surface area contributed by atoms with E-state index in [1.807, 2.05) is 35.9 Å². The molecule has 0 bridgehead atoms. The Labute approximate surface area is 114 Å². The van der Waals surface area contributed by atoms with Crippen LogP contribution in [0, 0.1) is 6.92 Å². The number of imidazole rings is 1. The van der Waals surface area contributed by atoms with Crippen LogP contribution >= 0.6 is 11.8 Å². The second-order valence-electron chi connectivity index (χ2n) is 4.11. The van der Waals surface area contributed by atoms with Gasteiger partial charge in [-0.25, -0.2) is 4.98 Å². The van der Waals surface area contributed by atoms with Crippen LogP contribution in [0.5, 0.6) is 0 Å². The van der Waals surface area contributed by atoms with Crippen molar-refractivity contribution in [3.05, 3.63) is 41.7 Å². The van der Waals surface area contributed by atoms with Crippen LogP contribution in [0.4, 0.5) is 0 Å². The Hall–Kier alpha value is -1.86. The van der Waals surface area contributed by atoms with Crippen molar-refractivity contribution in [3.63, 3.8) is 0 Å². The molecule has 7 heteroatoms. The number of fused-ring (bicyclic) bond motifs is 1. The molecule has 0 aliphatic carbocycles. The van der Waals surface area contributed by atoms with Gasteiger partial charge in [0.05, 0.1) is 12.2 Å². The third kappa shape index (κ3) is 2.47. The van der Waals surface area contributed by atoms with Crippen molar-refractivity contribution in [2.75, 3.05) is 0 Å². The molecule has 6 nitrogen and oxygen atoms in total. The summed E-state index contributed by atoms with van der Waals surface area (Å²) in [5.41, 5.74) is 8.53. The minimum atomic E-state index is 0.265. The first-order chi connectivity index (χ1) is 9.26. The molecule has 98 valence electrons. The first kappa shape index (κ1) is 12.2. The van der Waals surface area contributed by atoms with Gasteiger partial charge in [-0.05, 0) is 18.6 Å². The summed E-state index contributed by atoms with van der Waals surface area (Å²) in [4.78, 5) is 4.58. The lowest BCUT2D eigenvalue weighted by atomic mass is 10.3. The third-order valence-electron chi connectivity index (χ3n) is 2.69. The zero-order chi connectivity index (χ0) is 13.2. The van der Waals surface area contributed by atoms with Crippen molar-refractivity contribution >= 4 is 17.4 Å². The summed E-state index contributed by atoms with van der Waals surface area (Å²) in [5, 5.41) is 8.24. The van der Waals surface area contributed by atoms with Crippen LogP contribution in [0.25, 0.3) is 5.65 Å². The fraction of sp³-hybridized carbons (Fsp3) is 0.250. The normalized spacial score (nSPS) is 11.3. The number of aromatic nitrogens is 4. The molecular formula is C12H13N5OS. The summed E-state index contributed by atoms with van der Waals surface area (Å²) in [6, 6.07) is 4.05. The van der Waals surface area contributed by atoms with Crippen LogP contribution in [-0.4, -0.2) is 19.6 Å². The van der Waals surface area contributed by atoms with Crippen molar-refractivity contribution < 1.29 is 4.42 Å². The maximum atomic E-state index is 5.42. The number of aryl methyl sites for hydroxylation is 1. The fourth-order valence-electron chi connectivity index (χ4n) is 1.79. The van der Waals surface area contributed by atoms with Gasteiger partial charge in [0.2, 0.25) is 5.89 Å². The smallest absolute Gasteiger partial charge is 0.277 e. The van der Waals surface area contributed by atoms with E-state index in [1.165, 1.54) is 11.8 Å². The summed E-state index contributed by atoms with van der Waals surface area (Å²) >= 11 is 1.46. The van der Waals surface area contributed by atoms with E-state index >= 15 is 0 Å². The molecule has 0 unspecified atom stereocenters. The lowest BCUT2D eigenvalue weighted by molar-refractivity contribution is 0.414. The molecule has 3 heterocycles. The largest absolute Gasteiger partial charge is 0.415 e. The molecule has 0 fully saturated rings. The molecule has 0 aromatic carbocycles. The Morgan fingerprint density at radius 2 is 2.32 bits per heavy atom. The maximum Gasteiger partial charge on any atom is 0.277 e. The highest BCUT2D eigenvalue weighted by atomic mass is 32.2. The Balaban J connectivity index is 1.76. The van der Waals surface area contributed by atoms with Gasteiger partial charge >= 0.3 is 0 Å². The third-order valence-corrected chi connectivity index (χ3v) is 3.55. The highest BCUT2D eigenvalue weighted by molar-refractivity contribution is 7.98. The van der Waals surface area contributed by atoms with Crippen LogP contribution < -0.4 is 5.73 Å². The van der Waals surface area contributed by atoms with E-state index in [-0.39, 0.29) is 6.54 Å². The van der Waals surface area contributed by atoms with Gasteiger partial charge in [0, 0.05) is 18.1 Å². The summed E-state index contributed by atoms with van der Waals surface area (Å²) in [5.74, 6) is 1.14. The van der Waals surface area contributed by atoms with E-state index in [1.54, 1.807) is 0 Å². The van der Waals surface area contributed by atoms with E-state index in [9.17, 15) is 0 Å². The Morgan fingerprint density at radius 3 is 3.05 bits per heavy atom. The van der Waals surface area contributed by atoms with Crippen LogP contribution in [0.2, 0.25) is 0 Å². The predicted octanol–water partition coefficient (Wildman–Crippen LogP) is 1.78. The van der Waals surface area contributed by atoms with Crippen molar-refractivity contribution in [1.29, 1.82) is 0 Å². The minimum absolute atomic E-state index is 0.265. The number of thioether (sulfide) groups is 1. The average molecular weight is 275 g/mol. The number of hydrogen-bond acceptors (Lipinski definition) is 6. The molecule has 0 radical (unpaired) electrons. The van der Waals surface area contributed by atoms with Crippen molar-refractivity contribution in [2.24, 2.45) is 5.73 Å². The van der Waals surface area contributed by atoms with Gasteiger partial charge in [0.25, 0.3) is 5.22 Å². The number of rotatable bonds is 4. The lowest BCUT2D eigenvalue weighted by Crippen LogP contribution is -1.95. The second-order valence-corrected chi connectivity index (χ2v) is 5.04. The molecule has 0 aliphatic rings. The number of nitrogens with two attached hydrogens (primary N) is 1. The highest BCUT2D eigenvalue weighted by Crippen LogP contribution is 2.21. The molecule has 2 N–H and O–H groups in total. The molecule has 3 aromatic heterocycles. The van der Waals surface area contributed by atoms with Gasteiger partial charge < -0.3 is 14.6 Å². The second kappa shape index (κ2) is 5.02. The maximum absolute atomic E-state index is 5.42. The van der Waals surface area contributed by atoms with Gasteiger partial charge in [-0.15, -0.1) is 10.2 Å². The number of hydrogen-bond donors (Lipinski definition) is 1. The lowest BCUT2D eigenvalue weighted by Gasteiger charge is -1.94. The van der Waals surface area contributed by atoms with Crippen molar-refractivity contribution in [2.45, 2.75) is 24.4 Å². The Kier molecular flexibility index (Phi) is 3.22. The van der Waals surface area contributed by atoms with Crippen LogP contribution in [0.1, 0.15) is 17.1 Å². The molecular weight excluding hydrogens is 262 g/mol. The summed E-state index contributed by atoms with van der Waals surface area (Å²) in [6.07, 6.45) is 4.00. The Bertz CT molecular complexity index is 705. The predicted molar refractivity (Wildman–Crippen MR) is 71.7 cm³/mol. The molecule has 0 saturated heterocycles. The van der Waals surface area contributed by atoms with E-state index in [0.717, 1.165) is 16.9 Å². The molecule has 0 atom stereocenters. The van der Waals surface area contributed by atoms with Crippen LogP contribution in [0.3, 0.4) is 0 Å². The van der Waals surface area contributed by atoms with E-state index in [0.29, 0.717) is 16.9 Å². The van der Waals surface area contributed by atoms with Gasteiger partial charge in [0.1, 0.15) is 5.65 Å². The van der Waals surface area contributed by atoms with Gasteiger partial charge in [-0.3, -0.25) is 0 Å². The highest BCUT2D eigenvalue weighted by Gasteiger charge is 2.08. The standard InChI is InChI=1S/C12H13N5OS/c1-8-3-2-4-17-6-9(14-11(8)17)7-19-12-16-15-10(5-13)18-12/h2-4,6H,5,7,13H2,1H3. The average Bonchev–Trinajstić information content (AvgIpc) is 3.03. The topological polar surface area (TPSA) is 82.2 Å². The molecule has 3 rings (SSSR count). The number of pyridine rings is 1. The zero-order valence-electron chi connectivity index (χ0n) is 10.4. The molecule has 0 saturated carbocycles. The first-order valence-electron chi connectivity index (χ1n) is 5.84. The zero-order valence-corrected chi connectivity index (χ0v) is 11.2. The van der Waals surface area contributed by atoms with E-state index in [4.69, 9.17) is 10.2 Å².